The van der Waals surface area contributed by atoms with Crippen LogP contribution in [0.1, 0.15) is 13.3 Å². The number of hydrogen-bond donors (Lipinski definition) is 1. The first-order valence-corrected chi connectivity index (χ1v) is 4.34. The largest absolute Gasteiger partial charge is 0.401 e. The van der Waals surface area contributed by atoms with Gasteiger partial charge < -0.3 is 5.73 Å². The van der Waals surface area contributed by atoms with Crippen molar-refractivity contribution in [2.75, 3.05) is 0 Å². The number of hydrogen-bond acceptors (Lipinski definition) is 1. The topological polar surface area (TPSA) is 26.0 Å². The van der Waals surface area contributed by atoms with Gasteiger partial charge in [0.2, 0.25) is 0 Å². The van der Waals surface area contributed by atoms with Crippen molar-refractivity contribution in [3.8, 4) is 0 Å². The molecule has 1 rings (SSSR count). The standard InChI is InChI=1S/C12H15N/c1-4-7-11-10(6-3)9(5-2)8-12(11)13/h4-7H,2-3,8,13H2,1H3/b7-4-. The van der Waals surface area contributed by atoms with E-state index >= 15 is 0 Å². The highest BCUT2D eigenvalue weighted by Gasteiger charge is 2.16. The molecule has 0 saturated carbocycles. The Morgan fingerprint density at radius 3 is 2.38 bits per heavy atom. The molecule has 1 heteroatoms. The molecule has 1 aliphatic rings. The molecule has 13 heavy (non-hydrogen) atoms. The highest BCUT2D eigenvalue weighted by Crippen LogP contribution is 2.31. The van der Waals surface area contributed by atoms with Gasteiger partial charge >= 0.3 is 0 Å². The third kappa shape index (κ3) is 1.64. The lowest BCUT2D eigenvalue weighted by molar-refractivity contribution is 1.15. The van der Waals surface area contributed by atoms with Crippen LogP contribution in [0.3, 0.4) is 0 Å². The molecule has 68 valence electrons. The van der Waals surface area contributed by atoms with Gasteiger partial charge in [-0.25, -0.2) is 0 Å². The maximum Gasteiger partial charge on any atom is 0.0205 e. The first-order chi connectivity index (χ1) is 6.24. The molecule has 0 heterocycles. The zero-order chi connectivity index (χ0) is 9.84. The molecule has 0 bridgehead atoms. The molecule has 0 aliphatic heterocycles. The minimum absolute atomic E-state index is 0.796. The Bertz CT molecular complexity index is 327. The highest BCUT2D eigenvalue weighted by atomic mass is 14.6. The van der Waals surface area contributed by atoms with Gasteiger partial charge in [-0.15, -0.1) is 0 Å². The Morgan fingerprint density at radius 1 is 1.23 bits per heavy atom. The van der Waals surface area contributed by atoms with Crippen LogP contribution in [-0.2, 0) is 0 Å². The van der Waals surface area contributed by atoms with E-state index in [9.17, 15) is 0 Å². The normalized spacial score (nSPS) is 17.3. The molecule has 0 saturated heterocycles. The lowest BCUT2D eigenvalue weighted by Crippen LogP contribution is -1.96. The molecule has 2 N–H and O–H groups in total. The summed E-state index contributed by atoms with van der Waals surface area (Å²) in [6, 6.07) is 0. The van der Waals surface area contributed by atoms with Crippen LogP contribution in [0, 0.1) is 0 Å². The summed E-state index contributed by atoms with van der Waals surface area (Å²) in [5.74, 6) is 0. The first-order valence-electron chi connectivity index (χ1n) is 4.34. The monoisotopic (exact) mass is 173 g/mol. The van der Waals surface area contributed by atoms with Crippen molar-refractivity contribution in [1.29, 1.82) is 0 Å². The Hall–Kier alpha value is -1.50. The summed E-state index contributed by atoms with van der Waals surface area (Å²) in [6.07, 6.45) is 8.48. The van der Waals surface area contributed by atoms with Crippen molar-refractivity contribution in [3.05, 3.63) is 59.9 Å². The van der Waals surface area contributed by atoms with Crippen LogP contribution in [0.2, 0.25) is 0 Å². The number of nitrogens with two attached hydrogens (primary N) is 1. The molecule has 1 aliphatic carbocycles. The fourth-order valence-electron chi connectivity index (χ4n) is 1.53. The van der Waals surface area contributed by atoms with E-state index in [0.717, 1.165) is 23.3 Å². The molecular formula is C12H15N. The molecule has 0 spiro atoms. The molecule has 0 fully saturated rings. The van der Waals surface area contributed by atoms with Crippen molar-refractivity contribution in [3.63, 3.8) is 0 Å². The van der Waals surface area contributed by atoms with Crippen molar-refractivity contribution >= 4 is 0 Å². The molecule has 0 unspecified atom stereocenters. The van der Waals surface area contributed by atoms with E-state index in [-0.39, 0.29) is 0 Å². The summed E-state index contributed by atoms with van der Waals surface area (Å²) in [5, 5.41) is 0. The Kier molecular flexibility index (Phi) is 2.91. The molecular weight excluding hydrogens is 158 g/mol. The van der Waals surface area contributed by atoms with Crippen LogP contribution >= 0.6 is 0 Å². The zero-order valence-electron chi connectivity index (χ0n) is 8.01. The van der Waals surface area contributed by atoms with Crippen LogP contribution in [0.4, 0.5) is 0 Å². The van der Waals surface area contributed by atoms with E-state index in [1.807, 2.05) is 31.2 Å². The summed E-state index contributed by atoms with van der Waals surface area (Å²) >= 11 is 0. The fraction of sp³-hybridized carbons (Fsp3) is 0.167. The second kappa shape index (κ2) is 3.94. The summed E-state index contributed by atoms with van der Waals surface area (Å²) < 4.78 is 0. The second-order valence-electron chi connectivity index (χ2n) is 2.96. The zero-order valence-corrected chi connectivity index (χ0v) is 8.01. The minimum atomic E-state index is 0.796. The Balaban J connectivity index is 3.16. The third-order valence-electron chi connectivity index (χ3n) is 2.15. The van der Waals surface area contributed by atoms with Gasteiger partial charge in [0.25, 0.3) is 0 Å². The molecule has 0 aromatic heterocycles. The van der Waals surface area contributed by atoms with Gasteiger partial charge in [-0.05, 0) is 18.1 Å². The van der Waals surface area contributed by atoms with Crippen LogP contribution in [-0.4, -0.2) is 0 Å². The number of allylic oxidation sites excluding steroid dienone is 7. The average molecular weight is 173 g/mol. The van der Waals surface area contributed by atoms with Crippen LogP contribution in [0.15, 0.2) is 59.9 Å². The van der Waals surface area contributed by atoms with E-state index in [1.165, 1.54) is 5.57 Å². The SMILES string of the molecule is C=CC1=C(C=C)C(/C=C\C)=C(N)C1. The summed E-state index contributed by atoms with van der Waals surface area (Å²) in [6.45, 7) is 9.52. The van der Waals surface area contributed by atoms with Gasteiger partial charge in [0.05, 0.1) is 0 Å². The summed E-state index contributed by atoms with van der Waals surface area (Å²) in [5.41, 5.74) is 10.2. The predicted octanol–water partition coefficient (Wildman–Crippen LogP) is 2.85. The third-order valence-corrected chi connectivity index (χ3v) is 2.15. The van der Waals surface area contributed by atoms with Crippen molar-refractivity contribution in [2.45, 2.75) is 13.3 Å². The molecule has 0 atom stereocenters. The van der Waals surface area contributed by atoms with E-state index in [0.29, 0.717) is 0 Å². The molecule has 0 radical (unpaired) electrons. The van der Waals surface area contributed by atoms with Crippen LogP contribution in [0.25, 0.3) is 0 Å². The lowest BCUT2D eigenvalue weighted by atomic mass is 10.1. The molecule has 0 amide bonds. The first kappa shape index (κ1) is 9.59. The van der Waals surface area contributed by atoms with Crippen LogP contribution in [0.5, 0.6) is 0 Å². The van der Waals surface area contributed by atoms with E-state index in [4.69, 9.17) is 5.73 Å². The predicted molar refractivity (Wildman–Crippen MR) is 58.1 cm³/mol. The maximum atomic E-state index is 5.89. The average Bonchev–Trinajstić information content (AvgIpc) is 2.44. The molecule has 0 aromatic carbocycles. The van der Waals surface area contributed by atoms with E-state index in [1.54, 1.807) is 0 Å². The van der Waals surface area contributed by atoms with Crippen LogP contribution < -0.4 is 5.73 Å². The molecule has 1 nitrogen and oxygen atoms in total. The minimum Gasteiger partial charge on any atom is -0.401 e. The Labute approximate surface area is 79.6 Å². The maximum absolute atomic E-state index is 5.89. The van der Waals surface area contributed by atoms with Gasteiger partial charge in [0, 0.05) is 17.7 Å². The van der Waals surface area contributed by atoms with Crippen molar-refractivity contribution in [2.24, 2.45) is 5.73 Å². The van der Waals surface area contributed by atoms with Gasteiger partial charge in [0.15, 0.2) is 0 Å². The highest BCUT2D eigenvalue weighted by molar-refractivity contribution is 5.58. The quantitative estimate of drug-likeness (QED) is 0.697. The second-order valence-corrected chi connectivity index (χ2v) is 2.96. The van der Waals surface area contributed by atoms with Gasteiger partial charge in [-0.2, -0.15) is 0 Å². The van der Waals surface area contributed by atoms with E-state index < -0.39 is 0 Å². The smallest absolute Gasteiger partial charge is 0.0205 e. The lowest BCUT2D eigenvalue weighted by Gasteiger charge is -1.99. The summed E-state index contributed by atoms with van der Waals surface area (Å²) in [4.78, 5) is 0. The van der Waals surface area contributed by atoms with Gasteiger partial charge in [-0.1, -0.05) is 37.5 Å². The van der Waals surface area contributed by atoms with Gasteiger partial charge in [0.1, 0.15) is 0 Å². The van der Waals surface area contributed by atoms with Crippen molar-refractivity contribution in [1.82, 2.24) is 0 Å². The fourth-order valence-corrected chi connectivity index (χ4v) is 1.53. The summed E-state index contributed by atoms with van der Waals surface area (Å²) in [7, 11) is 0. The molecule has 0 aromatic rings. The number of rotatable bonds is 3. The Morgan fingerprint density at radius 2 is 1.92 bits per heavy atom. The van der Waals surface area contributed by atoms with E-state index in [2.05, 4.69) is 13.2 Å². The van der Waals surface area contributed by atoms with Crippen molar-refractivity contribution < 1.29 is 0 Å². The van der Waals surface area contributed by atoms with Gasteiger partial charge in [-0.3, -0.25) is 0 Å².